The van der Waals surface area contributed by atoms with Crippen molar-refractivity contribution in [3.05, 3.63) is 17.7 Å². The molecule has 0 aromatic heterocycles. The maximum absolute atomic E-state index is 12.8. The zero-order valence-corrected chi connectivity index (χ0v) is 17.7. The van der Waals surface area contributed by atoms with E-state index >= 15 is 0 Å². The number of sulfonamides is 1. The molecule has 1 aromatic rings. The first-order chi connectivity index (χ1) is 13.2. The SMILES string of the molecule is CCCCN(C=O)c1cc(C(=O)OC)cc(S(=O)(=O)/N=C/N(C)C)c1NCC. The summed E-state index contributed by atoms with van der Waals surface area (Å²) >= 11 is 0. The highest BCUT2D eigenvalue weighted by Crippen LogP contribution is 2.35. The minimum Gasteiger partial charge on any atom is -0.465 e. The molecule has 1 N–H and O–H groups in total. The van der Waals surface area contributed by atoms with Gasteiger partial charge in [0.05, 0.1) is 24.0 Å². The predicted octanol–water partition coefficient (Wildman–Crippen LogP) is 1.95. The molecule has 28 heavy (non-hydrogen) atoms. The van der Waals surface area contributed by atoms with Crippen molar-refractivity contribution in [3.63, 3.8) is 0 Å². The number of anilines is 2. The Hall–Kier alpha value is -2.62. The van der Waals surface area contributed by atoms with Crippen LogP contribution in [0.15, 0.2) is 21.4 Å². The summed E-state index contributed by atoms with van der Waals surface area (Å²) in [5, 5.41) is 2.99. The Labute approximate surface area is 166 Å². The molecule has 0 unspecified atom stereocenters. The van der Waals surface area contributed by atoms with Crippen LogP contribution in [0.3, 0.4) is 0 Å². The molecule has 10 heteroatoms. The highest BCUT2D eigenvalue weighted by Gasteiger charge is 2.26. The molecule has 156 valence electrons. The predicted molar refractivity (Wildman–Crippen MR) is 110 cm³/mol. The van der Waals surface area contributed by atoms with E-state index in [-0.39, 0.29) is 21.8 Å². The number of carbonyl (C=O) groups is 2. The van der Waals surface area contributed by atoms with Crippen LogP contribution in [0.5, 0.6) is 0 Å². The van der Waals surface area contributed by atoms with E-state index in [4.69, 9.17) is 4.74 Å². The molecule has 0 fully saturated rings. The third-order valence-corrected chi connectivity index (χ3v) is 4.99. The number of nitrogens with one attached hydrogen (secondary N) is 1. The zero-order valence-electron chi connectivity index (χ0n) is 16.9. The Morgan fingerprint density at radius 2 is 1.96 bits per heavy atom. The number of benzene rings is 1. The Kier molecular flexibility index (Phi) is 8.90. The van der Waals surface area contributed by atoms with E-state index in [1.807, 2.05) is 6.92 Å². The first-order valence-corrected chi connectivity index (χ1v) is 10.3. The number of methoxy groups -OCH3 is 1. The molecule has 0 aliphatic heterocycles. The van der Waals surface area contributed by atoms with Crippen LogP contribution in [0.25, 0.3) is 0 Å². The normalized spacial score (nSPS) is 11.3. The molecule has 0 spiro atoms. The van der Waals surface area contributed by atoms with E-state index in [9.17, 15) is 18.0 Å². The van der Waals surface area contributed by atoms with Gasteiger partial charge in [-0.25, -0.2) is 4.79 Å². The molecule has 0 aliphatic carbocycles. The van der Waals surface area contributed by atoms with Gasteiger partial charge in [0, 0.05) is 27.2 Å². The molecule has 0 heterocycles. The minimum absolute atomic E-state index is 0.0149. The monoisotopic (exact) mass is 412 g/mol. The lowest BCUT2D eigenvalue weighted by Gasteiger charge is -2.23. The van der Waals surface area contributed by atoms with Crippen molar-refractivity contribution in [2.24, 2.45) is 4.40 Å². The number of amides is 1. The highest BCUT2D eigenvalue weighted by atomic mass is 32.2. The van der Waals surface area contributed by atoms with Gasteiger partial charge in [0.2, 0.25) is 6.41 Å². The number of hydrogen-bond acceptors (Lipinski definition) is 6. The van der Waals surface area contributed by atoms with E-state index in [0.717, 1.165) is 12.8 Å². The van der Waals surface area contributed by atoms with Crippen LogP contribution in [0, 0.1) is 0 Å². The van der Waals surface area contributed by atoms with Gasteiger partial charge in [-0.05, 0) is 25.5 Å². The summed E-state index contributed by atoms with van der Waals surface area (Å²) in [7, 11) is 0.336. The summed E-state index contributed by atoms with van der Waals surface area (Å²) < 4.78 is 34.1. The number of unbranched alkanes of at least 4 members (excludes halogenated alkanes) is 1. The van der Waals surface area contributed by atoms with Crippen LogP contribution < -0.4 is 10.2 Å². The molecule has 0 radical (unpaired) electrons. The second-order valence-electron chi connectivity index (χ2n) is 6.20. The van der Waals surface area contributed by atoms with Crippen LogP contribution in [-0.4, -0.2) is 66.3 Å². The lowest BCUT2D eigenvalue weighted by molar-refractivity contribution is -0.107. The topological polar surface area (TPSA) is 108 Å². The number of esters is 1. The molecule has 1 rings (SSSR count). The molecule has 0 saturated heterocycles. The summed E-state index contributed by atoms with van der Waals surface area (Å²) in [5.74, 6) is -0.710. The quantitative estimate of drug-likeness (QED) is 0.256. The van der Waals surface area contributed by atoms with E-state index in [0.29, 0.717) is 25.9 Å². The van der Waals surface area contributed by atoms with Gasteiger partial charge >= 0.3 is 5.97 Å². The Morgan fingerprint density at radius 3 is 2.46 bits per heavy atom. The van der Waals surface area contributed by atoms with E-state index in [2.05, 4.69) is 9.71 Å². The third kappa shape index (κ3) is 5.95. The van der Waals surface area contributed by atoms with E-state index < -0.39 is 16.0 Å². The second-order valence-corrected chi connectivity index (χ2v) is 7.80. The van der Waals surface area contributed by atoms with Gasteiger partial charge in [-0.2, -0.15) is 8.42 Å². The van der Waals surface area contributed by atoms with E-state index in [1.165, 1.54) is 29.0 Å². The van der Waals surface area contributed by atoms with Gasteiger partial charge in [0.1, 0.15) is 11.2 Å². The number of nitrogens with zero attached hydrogens (tertiary/aromatic N) is 3. The van der Waals surface area contributed by atoms with Crippen LogP contribution in [0.4, 0.5) is 11.4 Å². The Morgan fingerprint density at radius 1 is 1.29 bits per heavy atom. The first-order valence-electron chi connectivity index (χ1n) is 8.90. The summed E-state index contributed by atoms with van der Waals surface area (Å²) in [6, 6.07) is 2.65. The van der Waals surface area contributed by atoms with Crippen LogP contribution >= 0.6 is 0 Å². The van der Waals surface area contributed by atoms with Gasteiger partial charge < -0.3 is 19.9 Å². The van der Waals surface area contributed by atoms with Crippen LogP contribution in [0.1, 0.15) is 37.0 Å². The zero-order chi connectivity index (χ0) is 21.3. The van der Waals surface area contributed by atoms with Crippen molar-refractivity contribution in [2.45, 2.75) is 31.6 Å². The van der Waals surface area contributed by atoms with Gasteiger partial charge in [-0.3, -0.25) is 4.79 Å². The van der Waals surface area contributed by atoms with Crippen LogP contribution in [-0.2, 0) is 19.6 Å². The Bertz CT molecular complexity index is 822. The first kappa shape index (κ1) is 23.4. The molecule has 0 saturated carbocycles. The van der Waals surface area contributed by atoms with Crippen molar-refractivity contribution in [1.29, 1.82) is 0 Å². The van der Waals surface area contributed by atoms with Crippen molar-refractivity contribution in [1.82, 2.24) is 4.90 Å². The van der Waals surface area contributed by atoms with Gasteiger partial charge in [0.25, 0.3) is 10.0 Å². The maximum Gasteiger partial charge on any atom is 0.337 e. The largest absolute Gasteiger partial charge is 0.465 e. The molecule has 9 nitrogen and oxygen atoms in total. The Balaban J connectivity index is 3.78. The van der Waals surface area contributed by atoms with Crippen molar-refractivity contribution < 1.29 is 22.7 Å². The molecular weight excluding hydrogens is 384 g/mol. The third-order valence-electron chi connectivity index (χ3n) is 3.74. The molecular formula is C18H28N4O5S. The van der Waals surface area contributed by atoms with Crippen molar-refractivity contribution in [2.75, 3.05) is 44.5 Å². The molecule has 1 amide bonds. The number of ether oxygens (including phenoxy) is 1. The van der Waals surface area contributed by atoms with Crippen molar-refractivity contribution in [3.8, 4) is 0 Å². The standard InChI is InChI=1S/C18H28N4O5S/c1-6-8-9-22(13-23)15-10-14(18(24)27-5)11-16(17(15)19-7-2)28(25,26)20-12-21(3)4/h10-13,19H,6-9H2,1-5H3/b20-12+. The maximum atomic E-state index is 12.8. The average Bonchev–Trinajstić information content (AvgIpc) is 2.67. The molecule has 1 aromatic carbocycles. The second kappa shape index (κ2) is 10.6. The van der Waals surface area contributed by atoms with Gasteiger partial charge in [-0.15, -0.1) is 4.40 Å². The summed E-state index contributed by atoms with van der Waals surface area (Å²) in [5.41, 5.74) is 0.516. The number of rotatable bonds is 11. The summed E-state index contributed by atoms with van der Waals surface area (Å²) in [4.78, 5) is 26.5. The summed E-state index contributed by atoms with van der Waals surface area (Å²) in [6.45, 7) is 4.56. The lowest BCUT2D eigenvalue weighted by Crippen LogP contribution is -2.25. The van der Waals surface area contributed by atoms with Gasteiger partial charge in [0.15, 0.2) is 0 Å². The fourth-order valence-electron chi connectivity index (χ4n) is 2.39. The smallest absolute Gasteiger partial charge is 0.337 e. The van der Waals surface area contributed by atoms with Crippen LogP contribution in [0.2, 0.25) is 0 Å². The number of carbonyl (C=O) groups excluding carboxylic acids is 2. The lowest BCUT2D eigenvalue weighted by atomic mass is 10.1. The fourth-order valence-corrected chi connectivity index (χ4v) is 3.53. The minimum atomic E-state index is -4.14. The summed E-state index contributed by atoms with van der Waals surface area (Å²) in [6.07, 6.45) is 3.33. The molecule has 0 aliphatic rings. The number of hydrogen-bond donors (Lipinski definition) is 1. The molecule has 0 bridgehead atoms. The highest BCUT2D eigenvalue weighted by molar-refractivity contribution is 7.90. The van der Waals surface area contributed by atoms with E-state index in [1.54, 1.807) is 21.0 Å². The van der Waals surface area contributed by atoms with Crippen molar-refractivity contribution >= 4 is 40.1 Å². The fraction of sp³-hybridized carbons (Fsp3) is 0.500. The van der Waals surface area contributed by atoms with Gasteiger partial charge in [-0.1, -0.05) is 13.3 Å². The molecule has 0 atom stereocenters. The average molecular weight is 413 g/mol.